The van der Waals surface area contributed by atoms with Gasteiger partial charge in [0, 0.05) is 48.7 Å². The van der Waals surface area contributed by atoms with Crippen LogP contribution in [0.25, 0.3) is 0 Å². The molecule has 0 N–H and O–H groups in total. The maximum Gasteiger partial charge on any atom is 0.226 e. The van der Waals surface area contributed by atoms with E-state index in [2.05, 4.69) is 56.1 Å². The number of carbonyl (C=O) groups is 1. The lowest BCUT2D eigenvalue weighted by Gasteiger charge is -2.28. The van der Waals surface area contributed by atoms with E-state index < -0.39 is 0 Å². The number of para-hydroxylation sites is 1. The molecule has 1 atom stereocenters. The number of aromatic nitrogens is 1. The number of rotatable bonds is 6. The molecule has 0 bridgehead atoms. The number of anilines is 1. The minimum absolute atomic E-state index is 0.143. The second-order valence-electron chi connectivity index (χ2n) is 6.62. The van der Waals surface area contributed by atoms with Gasteiger partial charge >= 0.3 is 0 Å². The average molecular weight is 402 g/mol. The van der Waals surface area contributed by atoms with E-state index in [0.717, 1.165) is 29.5 Å². The molecule has 2 heterocycles. The van der Waals surface area contributed by atoms with Crippen molar-refractivity contribution in [3.8, 4) is 0 Å². The molecule has 132 valence electrons. The third kappa shape index (κ3) is 4.82. The predicted molar refractivity (Wildman–Crippen MR) is 105 cm³/mol. The van der Waals surface area contributed by atoms with E-state index >= 15 is 0 Å². The first-order valence-electron chi connectivity index (χ1n) is 8.78. The van der Waals surface area contributed by atoms with Crippen molar-refractivity contribution in [2.45, 2.75) is 31.7 Å². The van der Waals surface area contributed by atoms with Crippen LogP contribution in [0.3, 0.4) is 0 Å². The van der Waals surface area contributed by atoms with Crippen molar-refractivity contribution in [2.24, 2.45) is 0 Å². The van der Waals surface area contributed by atoms with Gasteiger partial charge in [0.05, 0.1) is 6.42 Å². The molecule has 4 nitrogen and oxygen atoms in total. The molecule has 2 aromatic rings. The van der Waals surface area contributed by atoms with Crippen molar-refractivity contribution in [1.29, 1.82) is 0 Å². The number of halogens is 1. The van der Waals surface area contributed by atoms with Gasteiger partial charge in [-0.2, -0.15) is 0 Å². The molecule has 1 aromatic carbocycles. The SMILES string of the molecule is CN(CCC1CCCN1c1ccccc1)C(=O)Cc1cncc(Br)c1. The Bertz CT molecular complexity index is 707. The van der Waals surface area contributed by atoms with Crippen LogP contribution in [0.2, 0.25) is 0 Å². The highest BCUT2D eigenvalue weighted by molar-refractivity contribution is 9.10. The summed E-state index contributed by atoms with van der Waals surface area (Å²) in [6.07, 6.45) is 7.32. The Morgan fingerprint density at radius 2 is 2.12 bits per heavy atom. The van der Waals surface area contributed by atoms with E-state index in [1.165, 1.54) is 18.5 Å². The van der Waals surface area contributed by atoms with Gasteiger partial charge in [0.1, 0.15) is 0 Å². The van der Waals surface area contributed by atoms with E-state index in [9.17, 15) is 4.79 Å². The van der Waals surface area contributed by atoms with Crippen LogP contribution >= 0.6 is 15.9 Å². The Labute approximate surface area is 158 Å². The lowest BCUT2D eigenvalue weighted by Crippen LogP contribution is -2.35. The number of nitrogens with zero attached hydrogens (tertiary/aromatic N) is 3. The van der Waals surface area contributed by atoms with Gasteiger partial charge in [-0.05, 0) is 59.0 Å². The number of likely N-dealkylation sites (N-methyl/N-ethyl adjacent to an activating group) is 1. The number of pyridine rings is 1. The summed E-state index contributed by atoms with van der Waals surface area (Å²) in [4.78, 5) is 20.9. The Morgan fingerprint density at radius 1 is 1.32 bits per heavy atom. The molecule has 1 aliphatic rings. The average Bonchev–Trinajstić information content (AvgIpc) is 3.09. The number of hydrogen-bond donors (Lipinski definition) is 0. The van der Waals surface area contributed by atoms with Crippen molar-refractivity contribution in [1.82, 2.24) is 9.88 Å². The molecule has 5 heteroatoms. The number of carbonyl (C=O) groups excluding carboxylic acids is 1. The maximum absolute atomic E-state index is 12.4. The minimum atomic E-state index is 0.143. The van der Waals surface area contributed by atoms with Crippen LogP contribution in [-0.2, 0) is 11.2 Å². The first-order chi connectivity index (χ1) is 12.1. The highest BCUT2D eigenvalue weighted by Gasteiger charge is 2.25. The summed E-state index contributed by atoms with van der Waals surface area (Å²) in [5, 5.41) is 0. The van der Waals surface area contributed by atoms with Crippen molar-refractivity contribution >= 4 is 27.5 Å². The Balaban J connectivity index is 1.52. The molecule has 1 fully saturated rings. The van der Waals surface area contributed by atoms with Crippen LogP contribution in [0.5, 0.6) is 0 Å². The topological polar surface area (TPSA) is 36.4 Å². The number of amides is 1. The lowest BCUT2D eigenvalue weighted by atomic mass is 10.1. The van der Waals surface area contributed by atoms with Gasteiger partial charge in [0.15, 0.2) is 0 Å². The van der Waals surface area contributed by atoms with Crippen molar-refractivity contribution < 1.29 is 4.79 Å². The first kappa shape index (κ1) is 17.9. The van der Waals surface area contributed by atoms with Crippen LogP contribution in [-0.4, -0.2) is 42.0 Å². The fourth-order valence-corrected chi connectivity index (χ4v) is 3.84. The minimum Gasteiger partial charge on any atom is -0.368 e. The van der Waals surface area contributed by atoms with E-state index in [0.29, 0.717) is 12.5 Å². The van der Waals surface area contributed by atoms with Crippen LogP contribution in [0.4, 0.5) is 5.69 Å². The third-order valence-electron chi connectivity index (χ3n) is 4.81. The Kier molecular flexibility index (Phi) is 6.08. The smallest absolute Gasteiger partial charge is 0.226 e. The fraction of sp³-hybridized carbons (Fsp3) is 0.400. The second-order valence-corrected chi connectivity index (χ2v) is 7.53. The summed E-state index contributed by atoms with van der Waals surface area (Å²) < 4.78 is 0.907. The molecule has 0 spiro atoms. The molecule has 1 aliphatic heterocycles. The Morgan fingerprint density at radius 3 is 2.88 bits per heavy atom. The van der Waals surface area contributed by atoms with Gasteiger partial charge in [-0.1, -0.05) is 18.2 Å². The van der Waals surface area contributed by atoms with E-state index in [-0.39, 0.29) is 5.91 Å². The zero-order valence-corrected chi connectivity index (χ0v) is 16.2. The zero-order chi connectivity index (χ0) is 17.6. The van der Waals surface area contributed by atoms with Gasteiger partial charge in [0.2, 0.25) is 5.91 Å². The standard InChI is InChI=1S/C20H24BrN3O/c1-23(20(25)13-16-12-17(21)15-22-14-16)11-9-19-8-5-10-24(19)18-6-3-2-4-7-18/h2-4,6-7,12,14-15,19H,5,8-11,13H2,1H3. The molecule has 0 saturated carbocycles. The van der Waals surface area contributed by atoms with Crippen LogP contribution in [0.15, 0.2) is 53.3 Å². The van der Waals surface area contributed by atoms with Crippen LogP contribution < -0.4 is 4.90 Å². The summed E-state index contributed by atoms with van der Waals surface area (Å²) in [7, 11) is 1.90. The summed E-state index contributed by atoms with van der Waals surface area (Å²) in [6.45, 7) is 1.89. The van der Waals surface area contributed by atoms with E-state index in [1.54, 1.807) is 12.4 Å². The van der Waals surface area contributed by atoms with Crippen molar-refractivity contribution in [3.63, 3.8) is 0 Å². The molecule has 3 rings (SSSR count). The van der Waals surface area contributed by atoms with Gasteiger partial charge < -0.3 is 9.80 Å². The highest BCUT2D eigenvalue weighted by Crippen LogP contribution is 2.27. The maximum atomic E-state index is 12.4. The monoisotopic (exact) mass is 401 g/mol. The first-order valence-corrected chi connectivity index (χ1v) is 9.58. The second kappa shape index (κ2) is 8.48. The molecule has 25 heavy (non-hydrogen) atoms. The van der Waals surface area contributed by atoms with Crippen molar-refractivity contribution in [3.05, 3.63) is 58.8 Å². The summed E-state index contributed by atoms with van der Waals surface area (Å²) in [5.41, 5.74) is 2.23. The summed E-state index contributed by atoms with van der Waals surface area (Å²) >= 11 is 3.40. The van der Waals surface area contributed by atoms with E-state index in [1.807, 2.05) is 18.0 Å². The highest BCUT2D eigenvalue weighted by atomic mass is 79.9. The normalized spacial score (nSPS) is 16.9. The van der Waals surface area contributed by atoms with Crippen molar-refractivity contribution in [2.75, 3.05) is 25.0 Å². The van der Waals surface area contributed by atoms with Crippen LogP contribution in [0, 0.1) is 0 Å². The van der Waals surface area contributed by atoms with Gasteiger partial charge in [-0.15, -0.1) is 0 Å². The molecule has 1 saturated heterocycles. The molecule has 1 aromatic heterocycles. The summed E-state index contributed by atoms with van der Waals surface area (Å²) in [6, 6.07) is 13.1. The fourth-order valence-electron chi connectivity index (χ4n) is 3.42. The molecule has 1 unspecified atom stereocenters. The predicted octanol–water partition coefficient (Wildman–Crippen LogP) is 3.90. The zero-order valence-electron chi connectivity index (χ0n) is 14.6. The van der Waals surface area contributed by atoms with E-state index in [4.69, 9.17) is 0 Å². The largest absolute Gasteiger partial charge is 0.368 e. The molecule has 0 aliphatic carbocycles. The van der Waals surface area contributed by atoms with Gasteiger partial charge in [-0.3, -0.25) is 9.78 Å². The third-order valence-corrected chi connectivity index (χ3v) is 5.24. The quantitative estimate of drug-likeness (QED) is 0.735. The Hall–Kier alpha value is -1.88. The lowest BCUT2D eigenvalue weighted by molar-refractivity contribution is -0.129. The number of hydrogen-bond acceptors (Lipinski definition) is 3. The number of benzene rings is 1. The summed E-state index contributed by atoms with van der Waals surface area (Å²) in [5.74, 6) is 0.143. The van der Waals surface area contributed by atoms with Gasteiger partial charge in [0.25, 0.3) is 0 Å². The molecule has 1 amide bonds. The molecule has 0 radical (unpaired) electrons. The van der Waals surface area contributed by atoms with Crippen LogP contribution in [0.1, 0.15) is 24.8 Å². The van der Waals surface area contributed by atoms with Gasteiger partial charge in [-0.25, -0.2) is 0 Å². The molecular formula is C20H24BrN3O. The molecular weight excluding hydrogens is 378 g/mol.